The van der Waals surface area contributed by atoms with Crippen molar-refractivity contribution in [3.8, 4) is 0 Å². The highest BCUT2D eigenvalue weighted by Crippen LogP contribution is 2.37. The predicted octanol–water partition coefficient (Wildman–Crippen LogP) is 4.05. The molecule has 1 aliphatic heterocycles. The minimum Gasteiger partial charge on any atom is -0.378 e. The summed E-state index contributed by atoms with van der Waals surface area (Å²) in [5.41, 5.74) is -1.39. The first-order chi connectivity index (χ1) is 17.6. The average molecular weight is 535 g/mol. The molecule has 2 aromatic heterocycles. The van der Waals surface area contributed by atoms with Crippen molar-refractivity contribution in [1.82, 2.24) is 25.6 Å². The third-order valence-electron chi connectivity index (χ3n) is 5.78. The Balaban J connectivity index is 1.44. The standard InChI is InChI=1S/C24H22ClF3N6O3/c1-14(32-22(36)23(6-7-37-12-23)34-21(35)15-9-29-13-30-10-15)19-5-3-17(11-31-19)33-20-4-2-16(25)8-18(20)24(26,27)28/h2-5,8-11,13-14,33H,6-7,12H2,1H3,(H,32,36)(H,34,35). The van der Waals surface area contributed by atoms with E-state index < -0.39 is 35.1 Å². The van der Waals surface area contributed by atoms with Crippen LogP contribution in [0.25, 0.3) is 0 Å². The van der Waals surface area contributed by atoms with Gasteiger partial charge in [-0.05, 0) is 37.3 Å². The Kier molecular flexibility index (Phi) is 7.60. The zero-order valence-electron chi connectivity index (χ0n) is 19.5. The Labute approximate surface area is 214 Å². The van der Waals surface area contributed by atoms with Crippen molar-refractivity contribution in [2.75, 3.05) is 18.5 Å². The van der Waals surface area contributed by atoms with Gasteiger partial charge in [-0.15, -0.1) is 0 Å². The van der Waals surface area contributed by atoms with Gasteiger partial charge < -0.3 is 20.7 Å². The number of carbonyl (C=O) groups excluding carboxylic acids is 2. The highest BCUT2D eigenvalue weighted by atomic mass is 35.5. The fourth-order valence-corrected chi connectivity index (χ4v) is 3.94. The van der Waals surface area contributed by atoms with Crippen LogP contribution in [0.3, 0.4) is 0 Å². The van der Waals surface area contributed by atoms with E-state index in [-0.39, 0.29) is 35.9 Å². The first kappa shape index (κ1) is 26.3. The summed E-state index contributed by atoms with van der Waals surface area (Å²) in [4.78, 5) is 37.7. The molecule has 13 heteroatoms. The Hall–Kier alpha value is -3.77. The molecular formula is C24H22ClF3N6O3. The zero-order valence-corrected chi connectivity index (χ0v) is 20.2. The van der Waals surface area contributed by atoms with Crippen LogP contribution in [0.4, 0.5) is 24.5 Å². The van der Waals surface area contributed by atoms with Crippen LogP contribution in [0, 0.1) is 0 Å². The van der Waals surface area contributed by atoms with Crippen molar-refractivity contribution in [2.45, 2.75) is 31.1 Å². The lowest BCUT2D eigenvalue weighted by atomic mass is 9.96. The van der Waals surface area contributed by atoms with Gasteiger partial charge in [-0.1, -0.05) is 11.6 Å². The van der Waals surface area contributed by atoms with Gasteiger partial charge in [-0.2, -0.15) is 13.2 Å². The number of carbonyl (C=O) groups is 2. The summed E-state index contributed by atoms with van der Waals surface area (Å²) in [5.74, 6) is -0.967. The maximum absolute atomic E-state index is 13.4. The molecule has 0 spiro atoms. The zero-order chi connectivity index (χ0) is 26.6. The van der Waals surface area contributed by atoms with Crippen LogP contribution in [0.1, 0.15) is 41.0 Å². The minimum atomic E-state index is -4.59. The Morgan fingerprint density at radius 3 is 2.51 bits per heavy atom. The lowest BCUT2D eigenvalue weighted by Crippen LogP contribution is -2.59. The lowest BCUT2D eigenvalue weighted by Gasteiger charge is -2.29. The Morgan fingerprint density at radius 1 is 1.14 bits per heavy atom. The van der Waals surface area contributed by atoms with Crippen LogP contribution in [0.2, 0.25) is 5.02 Å². The predicted molar refractivity (Wildman–Crippen MR) is 128 cm³/mol. The van der Waals surface area contributed by atoms with Gasteiger partial charge in [0.2, 0.25) is 5.91 Å². The molecule has 0 aliphatic carbocycles. The number of aromatic nitrogens is 3. The van der Waals surface area contributed by atoms with Gasteiger partial charge in [-0.25, -0.2) is 9.97 Å². The molecule has 37 heavy (non-hydrogen) atoms. The second-order valence-electron chi connectivity index (χ2n) is 8.45. The van der Waals surface area contributed by atoms with E-state index in [9.17, 15) is 22.8 Å². The SMILES string of the molecule is CC(NC(=O)C1(NC(=O)c2cncnc2)CCOC1)c1ccc(Nc2ccc(Cl)cc2C(F)(F)F)cn1. The largest absolute Gasteiger partial charge is 0.418 e. The summed E-state index contributed by atoms with van der Waals surface area (Å²) >= 11 is 5.73. The monoisotopic (exact) mass is 534 g/mol. The molecule has 0 radical (unpaired) electrons. The maximum atomic E-state index is 13.4. The van der Waals surface area contributed by atoms with Gasteiger partial charge in [0.15, 0.2) is 0 Å². The number of halogens is 4. The second-order valence-corrected chi connectivity index (χ2v) is 8.88. The molecule has 0 saturated carbocycles. The van der Waals surface area contributed by atoms with Gasteiger partial charge in [0, 0.05) is 30.4 Å². The molecule has 1 saturated heterocycles. The van der Waals surface area contributed by atoms with Gasteiger partial charge in [0.25, 0.3) is 5.91 Å². The number of benzene rings is 1. The molecule has 2 unspecified atom stereocenters. The van der Waals surface area contributed by atoms with E-state index in [0.29, 0.717) is 11.4 Å². The highest BCUT2D eigenvalue weighted by molar-refractivity contribution is 6.30. The van der Waals surface area contributed by atoms with E-state index in [2.05, 4.69) is 30.9 Å². The fraction of sp³-hybridized carbons (Fsp3) is 0.292. The Bertz CT molecular complexity index is 1270. The van der Waals surface area contributed by atoms with E-state index in [1.165, 1.54) is 37.1 Å². The van der Waals surface area contributed by atoms with E-state index in [4.69, 9.17) is 16.3 Å². The van der Waals surface area contributed by atoms with E-state index >= 15 is 0 Å². The number of rotatable bonds is 7. The molecule has 2 atom stereocenters. The molecular weight excluding hydrogens is 513 g/mol. The molecule has 9 nitrogen and oxygen atoms in total. The summed E-state index contributed by atoms with van der Waals surface area (Å²) in [7, 11) is 0. The molecule has 1 fully saturated rings. The minimum absolute atomic E-state index is 0.0100. The van der Waals surface area contributed by atoms with Crippen LogP contribution < -0.4 is 16.0 Å². The number of amides is 2. The number of alkyl halides is 3. The lowest BCUT2D eigenvalue weighted by molar-refractivity contribution is -0.137. The smallest absolute Gasteiger partial charge is 0.378 e. The number of hydrogen-bond acceptors (Lipinski definition) is 7. The van der Waals surface area contributed by atoms with Gasteiger partial charge in [-0.3, -0.25) is 14.6 Å². The molecule has 3 aromatic rings. The van der Waals surface area contributed by atoms with Crippen molar-refractivity contribution in [1.29, 1.82) is 0 Å². The molecule has 4 rings (SSSR count). The third-order valence-corrected chi connectivity index (χ3v) is 6.01. The Morgan fingerprint density at radius 2 is 1.89 bits per heavy atom. The van der Waals surface area contributed by atoms with Crippen LogP contribution in [-0.4, -0.2) is 45.5 Å². The summed E-state index contributed by atoms with van der Waals surface area (Å²) in [5, 5.41) is 8.23. The molecule has 0 bridgehead atoms. The number of nitrogens with one attached hydrogen (secondary N) is 3. The van der Waals surface area contributed by atoms with E-state index in [1.54, 1.807) is 19.1 Å². The molecule has 2 amide bonds. The van der Waals surface area contributed by atoms with Crippen LogP contribution in [-0.2, 0) is 15.7 Å². The van der Waals surface area contributed by atoms with Crippen molar-refractivity contribution in [2.24, 2.45) is 0 Å². The summed E-state index contributed by atoms with van der Waals surface area (Å²) in [6.07, 6.45) is 1.00. The van der Waals surface area contributed by atoms with E-state index in [0.717, 1.165) is 6.07 Å². The van der Waals surface area contributed by atoms with Crippen molar-refractivity contribution >= 4 is 34.8 Å². The third kappa shape index (κ3) is 6.15. The first-order valence-electron chi connectivity index (χ1n) is 11.1. The topological polar surface area (TPSA) is 118 Å². The molecule has 194 valence electrons. The van der Waals surface area contributed by atoms with Crippen LogP contribution in [0.15, 0.2) is 55.2 Å². The van der Waals surface area contributed by atoms with Gasteiger partial charge >= 0.3 is 6.18 Å². The van der Waals surface area contributed by atoms with Crippen molar-refractivity contribution in [3.05, 3.63) is 77.1 Å². The number of anilines is 2. The summed E-state index contributed by atoms with van der Waals surface area (Å²) in [6.45, 7) is 1.98. The summed E-state index contributed by atoms with van der Waals surface area (Å²) < 4.78 is 45.5. The van der Waals surface area contributed by atoms with Gasteiger partial charge in [0.05, 0.1) is 47.0 Å². The van der Waals surface area contributed by atoms with Crippen molar-refractivity contribution < 1.29 is 27.5 Å². The molecule has 3 N–H and O–H groups in total. The van der Waals surface area contributed by atoms with Crippen molar-refractivity contribution in [3.63, 3.8) is 0 Å². The number of hydrogen-bond donors (Lipinski definition) is 3. The first-order valence-corrected chi connectivity index (χ1v) is 11.5. The maximum Gasteiger partial charge on any atom is 0.418 e. The normalized spacial score (nSPS) is 18.2. The molecule has 1 aliphatic rings. The highest BCUT2D eigenvalue weighted by Gasteiger charge is 2.44. The fourth-order valence-electron chi connectivity index (χ4n) is 3.76. The van der Waals surface area contributed by atoms with Crippen LogP contribution >= 0.6 is 11.6 Å². The quantitative estimate of drug-likeness (QED) is 0.418. The van der Waals surface area contributed by atoms with E-state index in [1.807, 2.05) is 0 Å². The average Bonchev–Trinajstić information content (AvgIpc) is 3.35. The number of ether oxygens (including phenoxy) is 1. The van der Waals surface area contributed by atoms with Gasteiger partial charge in [0.1, 0.15) is 11.9 Å². The summed E-state index contributed by atoms with van der Waals surface area (Å²) in [6, 6.07) is 5.98. The molecule has 1 aromatic carbocycles. The number of nitrogens with zero attached hydrogens (tertiary/aromatic N) is 3. The second kappa shape index (κ2) is 10.7. The molecule has 3 heterocycles. The van der Waals surface area contributed by atoms with Crippen LogP contribution in [0.5, 0.6) is 0 Å². The number of pyridine rings is 1.